The van der Waals surface area contributed by atoms with Gasteiger partial charge in [0.05, 0.1) is 5.69 Å². The number of hydrogen-bond donors (Lipinski definition) is 0. The van der Waals surface area contributed by atoms with Crippen LogP contribution in [0.15, 0.2) is 30.5 Å². The van der Waals surface area contributed by atoms with E-state index < -0.39 is 0 Å². The van der Waals surface area contributed by atoms with Crippen molar-refractivity contribution < 1.29 is 0 Å². The number of imidazole rings is 1. The largest absolute Gasteiger partial charge is 0.334 e. The minimum atomic E-state index is -0.147. The molecule has 0 amide bonds. The highest BCUT2D eigenvalue weighted by Gasteiger charge is 2.25. The van der Waals surface area contributed by atoms with Gasteiger partial charge in [-0.3, -0.25) is 0 Å². The first-order chi connectivity index (χ1) is 12.4. The molecule has 0 saturated carbocycles. The van der Waals surface area contributed by atoms with Gasteiger partial charge >= 0.3 is 0 Å². The molecule has 0 N–H and O–H groups in total. The molecule has 0 spiro atoms. The zero-order valence-electron chi connectivity index (χ0n) is 17.6. The summed E-state index contributed by atoms with van der Waals surface area (Å²) in [5.41, 5.74) is 2.74. The third-order valence-corrected chi connectivity index (χ3v) is 4.35. The summed E-state index contributed by atoms with van der Waals surface area (Å²) in [5.74, 6) is 3.29. The quantitative estimate of drug-likeness (QED) is 0.653. The zero-order valence-corrected chi connectivity index (χ0v) is 17.6. The van der Waals surface area contributed by atoms with Crippen LogP contribution < -0.4 is 0 Å². The standard InChI is InChI=1S/C22H29N5/c1-14-13-27(8)18(23-14)16-11-9-10-15(12-16)17-24-19(21(2,3)4)26-20(25-17)22(5,6)7/h9-13H,1-8H3. The molecule has 5 heteroatoms. The van der Waals surface area contributed by atoms with Crippen LogP contribution in [0.2, 0.25) is 0 Å². The highest BCUT2D eigenvalue weighted by atomic mass is 15.1. The number of aryl methyl sites for hydroxylation is 2. The second-order valence-corrected chi connectivity index (χ2v) is 9.20. The lowest BCUT2D eigenvalue weighted by Crippen LogP contribution is -2.24. The summed E-state index contributed by atoms with van der Waals surface area (Å²) >= 11 is 0. The summed E-state index contributed by atoms with van der Waals surface area (Å²) in [6.45, 7) is 14.8. The van der Waals surface area contributed by atoms with Gasteiger partial charge in [0.2, 0.25) is 0 Å². The van der Waals surface area contributed by atoms with Crippen molar-refractivity contribution in [3.8, 4) is 22.8 Å². The summed E-state index contributed by atoms with van der Waals surface area (Å²) in [7, 11) is 2.01. The topological polar surface area (TPSA) is 56.5 Å². The number of hydrogen-bond acceptors (Lipinski definition) is 4. The molecule has 3 rings (SSSR count). The Balaban J connectivity index is 2.16. The summed E-state index contributed by atoms with van der Waals surface area (Å²) in [5, 5.41) is 0. The van der Waals surface area contributed by atoms with Crippen molar-refractivity contribution in [2.45, 2.75) is 59.3 Å². The maximum Gasteiger partial charge on any atom is 0.163 e. The van der Waals surface area contributed by atoms with E-state index in [1.165, 1.54) is 0 Å². The first-order valence-electron chi connectivity index (χ1n) is 9.33. The Kier molecular flexibility index (Phi) is 4.66. The van der Waals surface area contributed by atoms with E-state index in [1.807, 2.05) is 36.9 Å². The minimum absolute atomic E-state index is 0.147. The summed E-state index contributed by atoms with van der Waals surface area (Å²) in [6, 6.07) is 8.26. The van der Waals surface area contributed by atoms with Gasteiger partial charge < -0.3 is 4.57 Å². The van der Waals surface area contributed by atoms with Crippen molar-refractivity contribution in [3.63, 3.8) is 0 Å². The van der Waals surface area contributed by atoms with E-state index in [4.69, 9.17) is 15.0 Å². The van der Waals surface area contributed by atoms with Crippen LogP contribution in [-0.4, -0.2) is 24.5 Å². The van der Waals surface area contributed by atoms with Crippen molar-refractivity contribution >= 4 is 0 Å². The zero-order chi connectivity index (χ0) is 20.0. The molecule has 0 saturated heterocycles. The van der Waals surface area contributed by atoms with Gasteiger partial charge in [0.25, 0.3) is 0 Å². The van der Waals surface area contributed by atoms with E-state index >= 15 is 0 Å². The van der Waals surface area contributed by atoms with Crippen LogP contribution in [0.3, 0.4) is 0 Å². The molecule has 3 aromatic rings. The number of rotatable bonds is 2. The Bertz CT molecular complexity index is 939. The van der Waals surface area contributed by atoms with Gasteiger partial charge in [-0.2, -0.15) is 0 Å². The van der Waals surface area contributed by atoms with Gasteiger partial charge in [0, 0.05) is 35.2 Å². The predicted octanol–water partition coefficient (Wildman–Crippen LogP) is 4.84. The fourth-order valence-corrected chi connectivity index (χ4v) is 2.86. The van der Waals surface area contributed by atoms with Gasteiger partial charge in [-0.25, -0.2) is 19.9 Å². The van der Waals surface area contributed by atoms with E-state index in [0.717, 1.165) is 34.3 Å². The first kappa shape index (κ1) is 19.2. The van der Waals surface area contributed by atoms with E-state index in [9.17, 15) is 0 Å². The molecule has 0 bridgehead atoms. The van der Waals surface area contributed by atoms with Crippen molar-refractivity contribution in [2.75, 3.05) is 0 Å². The van der Waals surface area contributed by atoms with Gasteiger partial charge in [-0.1, -0.05) is 59.7 Å². The fourth-order valence-electron chi connectivity index (χ4n) is 2.86. The van der Waals surface area contributed by atoms with Crippen molar-refractivity contribution in [2.24, 2.45) is 7.05 Å². The Hall–Kier alpha value is -2.56. The molecule has 0 aliphatic carbocycles. The Morgan fingerprint density at radius 3 is 1.81 bits per heavy atom. The van der Waals surface area contributed by atoms with Crippen LogP contribution in [0, 0.1) is 6.92 Å². The third-order valence-electron chi connectivity index (χ3n) is 4.35. The monoisotopic (exact) mass is 363 g/mol. The summed E-state index contributed by atoms with van der Waals surface area (Å²) < 4.78 is 2.04. The highest BCUT2D eigenvalue weighted by Crippen LogP contribution is 2.28. The van der Waals surface area contributed by atoms with Crippen molar-refractivity contribution in [1.82, 2.24) is 24.5 Å². The van der Waals surface area contributed by atoms with Gasteiger partial charge in [-0.15, -0.1) is 0 Å². The average Bonchev–Trinajstić information content (AvgIpc) is 2.91. The predicted molar refractivity (Wildman–Crippen MR) is 110 cm³/mol. The van der Waals surface area contributed by atoms with Crippen LogP contribution in [0.25, 0.3) is 22.8 Å². The van der Waals surface area contributed by atoms with Gasteiger partial charge in [0.15, 0.2) is 5.82 Å². The van der Waals surface area contributed by atoms with E-state index in [0.29, 0.717) is 5.82 Å². The molecule has 0 aliphatic rings. The molecule has 2 aromatic heterocycles. The van der Waals surface area contributed by atoms with Gasteiger partial charge in [-0.05, 0) is 13.0 Å². The molecular formula is C22H29N5. The fraction of sp³-hybridized carbons (Fsp3) is 0.455. The third kappa shape index (κ3) is 4.07. The lowest BCUT2D eigenvalue weighted by Gasteiger charge is -2.22. The highest BCUT2D eigenvalue weighted by molar-refractivity contribution is 5.66. The molecule has 0 unspecified atom stereocenters. The molecule has 0 aliphatic heterocycles. The second kappa shape index (κ2) is 6.55. The van der Waals surface area contributed by atoms with Crippen LogP contribution in [0.4, 0.5) is 0 Å². The van der Waals surface area contributed by atoms with Crippen molar-refractivity contribution in [3.05, 3.63) is 47.8 Å². The lowest BCUT2D eigenvalue weighted by molar-refractivity contribution is 0.497. The maximum absolute atomic E-state index is 4.80. The molecule has 0 fully saturated rings. The smallest absolute Gasteiger partial charge is 0.163 e. The lowest BCUT2D eigenvalue weighted by atomic mass is 9.93. The summed E-state index contributed by atoms with van der Waals surface area (Å²) in [6.07, 6.45) is 2.03. The second-order valence-electron chi connectivity index (χ2n) is 9.20. The number of aromatic nitrogens is 5. The van der Waals surface area contributed by atoms with Gasteiger partial charge in [0.1, 0.15) is 17.5 Å². The number of benzene rings is 1. The minimum Gasteiger partial charge on any atom is -0.334 e. The molecule has 1 aromatic carbocycles. The van der Waals surface area contributed by atoms with E-state index in [-0.39, 0.29) is 10.8 Å². The SMILES string of the molecule is Cc1cn(C)c(-c2cccc(-c3nc(C(C)(C)C)nc(C(C)(C)C)n3)c2)n1. The normalized spacial score (nSPS) is 12.4. The van der Waals surface area contributed by atoms with Crippen LogP contribution >= 0.6 is 0 Å². The van der Waals surface area contributed by atoms with E-state index in [2.05, 4.69) is 58.7 Å². The van der Waals surface area contributed by atoms with Crippen LogP contribution in [-0.2, 0) is 17.9 Å². The van der Waals surface area contributed by atoms with Crippen LogP contribution in [0.5, 0.6) is 0 Å². The average molecular weight is 364 g/mol. The van der Waals surface area contributed by atoms with Crippen LogP contribution in [0.1, 0.15) is 58.9 Å². The Morgan fingerprint density at radius 1 is 0.778 bits per heavy atom. The molecule has 142 valence electrons. The Labute approximate surface area is 161 Å². The molecule has 0 atom stereocenters. The maximum atomic E-state index is 4.80. The van der Waals surface area contributed by atoms with E-state index in [1.54, 1.807) is 0 Å². The molecule has 0 radical (unpaired) electrons. The molecule has 27 heavy (non-hydrogen) atoms. The molecule has 2 heterocycles. The van der Waals surface area contributed by atoms with Crippen molar-refractivity contribution in [1.29, 1.82) is 0 Å². The summed E-state index contributed by atoms with van der Waals surface area (Å²) in [4.78, 5) is 19.0. The first-order valence-corrected chi connectivity index (χ1v) is 9.33. The molecule has 5 nitrogen and oxygen atoms in total. The number of nitrogens with zero attached hydrogens (tertiary/aromatic N) is 5. The molecular weight excluding hydrogens is 334 g/mol. The Morgan fingerprint density at radius 2 is 1.33 bits per heavy atom.